The van der Waals surface area contributed by atoms with E-state index < -0.39 is 0 Å². The van der Waals surface area contributed by atoms with Crippen LogP contribution in [-0.4, -0.2) is 50.3 Å². The predicted octanol–water partition coefficient (Wildman–Crippen LogP) is 1.91. The maximum atomic E-state index is 12.7. The summed E-state index contributed by atoms with van der Waals surface area (Å²) in [4.78, 5) is 14.7. The van der Waals surface area contributed by atoms with Crippen molar-refractivity contribution >= 4 is 5.91 Å². The summed E-state index contributed by atoms with van der Waals surface area (Å²) in [6, 6.07) is 7.46. The standard InChI is InChI=1S/C17H26N2O3/c1-13-6-7-19(15(10-13)12-18)17(20)14-4-3-5-16(11-14)22-9-8-21-2/h3-5,11,13,15H,6-10,12,18H2,1-2H3. The molecule has 1 aromatic rings. The molecule has 1 aliphatic rings. The van der Waals surface area contributed by atoms with Gasteiger partial charge in [-0.05, 0) is 37.0 Å². The molecule has 122 valence electrons. The molecule has 2 rings (SSSR count). The summed E-state index contributed by atoms with van der Waals surface area (Å²) < 4.78 is 10.5. The number of nitrogens with zero attached hydrogens (tertiary/aromatic N) is 1. The topological polar surface area (TPSA) is 64.8 Å². The Morgan fingerprint density at radius 2 is 2.23 bits per heavy atom. The lowest BCUT2D eigenvalue weighted by Gasteiger charge is -2.38. The quantitative estimate of drug-likeness (QED) is 0.815. The summed E-state index contributed by atoms with van der Waals surface area (Å²) in [5.74, 6) is 1.36. The lowest BCUT2D eigenvalue weighted by atomic mass is 9.92. The van der Waals surface area contributed by atoms with E-state index in [4.69, 9.17) is 15.2 Å². The summed E-state index contributed by atoms with van der Waals surface area (Å²) in [7, 11) is 1.63. The maximum absolute atomic E-state index is 12.7. The fourth-order valence-electron chi connectivity index (χ4n) is 2.87. The van der Waals surface area contributed by atoms with Crippen molar-refractivity contribution in [1.29, 1.82) is 0 Å². The van der Waals surface area contributed by atoms with Gasteiger partial charge >= 0.3 is 0 Å². The number of carbonyl (C=O) groups is 1. The van der Waals surface area contributed by atoms with Gasteiger partial charge in [-0.2, -0.15) is 0 Å². The third-order valence-corrected chi connectivity index (χ3v) is 4.15. The van der Waals surface area contributed by atoms with Crippen LogP contribution in [0.5, 0.6) is 5.75 Å². The highest BCUT2D eigenvalue weighted by molar-refractivity contribution is 5.94. The minimum absolute atomic E-state index is 0.0412. The first-order chi connectivity index (χ1) is 10.7. The Morgan fingerprint density at radius 3 is 2.95 bits per heavy atom. The van der Waals surface area contributed by atoms with Crippen molar-refractivity contribution in [3.63, 3.8) is 0 Å². The molecule has 1 heterocycles. The number of methoxy groups -OCH3 is 1. The van der Waals surface area contributed by atoms with Gasteiger partial charge in [0.25, 0.3) is 5.91 Å². The number of rotatable bonds is 6. The summed E-state index contributed by atoms with van der Waals surface area (Å²) in [6.45, 7) is 4.50. The van der Waals surface area contributed by atoms with Crippen molar-refractivity contribution in [3.05, 3.63) is 29.8 Å². The van der Waals surface area contributed by atoms with Crippen molar-refractivity contribution in [2.24, 2.45) is 11.7 Å². The minimum Gasteiger partial charge on any atom is -0.491 e. The zero-order chi connectivity index (χ0) is 15.9. The van der Waals surface area contributed by atoms with Crippen LogP contribution in [0.3, 0.4) is 0 Å². The highest BCUT2D eigenvalue weighted by Crippen LogP contribution is 2.24. The molecule has 0 aromatic heterocycles. The third kappa shape index (κ3) is 4.21. The smallest absolute Gasteiger partial charge is 0.254 e. The van der Waals surface area contributed by atoms with Gasteiger partial charge < -0.3 is 20.1 Å². The molecule has 2 unspecified atom stereocenters. The van der Waals surface area contributed by atoms with E-state index in [1.165, 1.54) is 0 Å². The van der Waals surface area contributed by atoms with Crippen LogP contribution in [0.4, 0.5) is 0 Å². The average Bonchev–Trinajstić information content (AvgIpc) is 2.54. The monoisotopic (exact) mass is 306 g/mol. The highest BCUT2D eigenvalue weighted by atomic mass is 16.5. The number of carbonyl (C=O) groups excluding carboxylic acids is 1. The summed E-state index contributed by atoms with van der Waals surface area (Å²) in [5.41, 5.74) is 6.51. The number of hydrogen-bond donors (Lipinski definition) is 1. The van der Waals surface area contributed by atoms with E-state index in [0.717, 1.165) is 19.4 Å². The molecule has 1 fully saturated rings. The Morgan fingerprint density at radius 1 is 1.41 bits per heavy atom. The number of ether oxygens (including phenoxy) is 2. The largest absolute Gasteiger partial charge is 0.491 e. The molecule has 1 aliphatic heterocycles. The molecule has 1 amide bonds. The van der Waals surface area contributed by atoms with Crippen LogP contribution in [0.25, 0.3) is 0 Å². The van der Waals surface area contributed by atoms with Gasteiger partial charge in [-0.3, -0.25) is 4.79 Å². The lowest BCUT2D eigenvalue weighted by Crippen LogP contribution is -2.49. The fraction of sp³-hybridized carbons (Fsp3) is 0.588. The van der Waals surface area contributed by atoms with Crippen LogP contribution in [-0.2, 0) is 4.74 Å². The molecule has 5 nitrogen and oxygen atoms in total. The van der Waals surface area contributed by atoms with Crippen molar-refractivity contribution in [2.45, 2.75) is 25.8 Å². The van der Waals surface area contributed by atoms with Gasteiger partial charge in [-0.1, -0.05) is 13.0 Å². The Balaban J connectivity index is 2.06. The fourth-order valence-corrected chi connectivity index (χ4v) is 2.87. The van der Waals surface area contributed by atoms with Crippen molar-refractivity contribution in [3.8, 4) is 5.75 Å². The Bertz CT molecular complexity index is 493. The molecule has 5 heteroatoms. The normalized spacial score (nSPS) is 21.7. The first-order valence-corrected chi connectivity index (χ1v) is 7.88. The van der Waals surface area contributed by atoms with Crippen molar-refractivity contribution < 1.29 is 14.3 Å². The molecule has 0 spiro atoms. The molecule has 0 aliphatic carbocycles. The number of amides is 1. The van der Waals surface area contributed by atoms with Crippen LogP contribution in [0, 0.1) is 5.92 Å². The van der Waals surface area contributed by atoms with Gasteiger partial charge in [0.1, 0.15) is 12.4 Å². The van der Waals surface area contributed by atoms with Gasteiger partial charge in [0.05, 0.1) is 6.61 Å². The van der Waals surface area contributed by atoms with Gasteiger partial charge in [-0.25, -0.2) is 0 Å². The van der Waals surface area contributed by atoms with Crippen molar-refractivity contribution in [2.75, 3.05) is 33.4 Å². The van der Waals surface area contributed by atoms with E-state index in [0.29, 0.717) is 37.0 Å². The average molecular weight is 306 g/mol. The Labute approximate surface area is 132 Å². The van der Waals surface area contributed by atoms with Crippen LogP contribution in [0.1, 0.15) is 30.1 Å². The van der Waals surface area contributed by atoms with E-state index >= 15 is 0 Å². The molecule has 22 heavy (non-hydrogen) atoms. The molecule has 2 atom stereocenters. The molecule has 2 N–H and O–H groups in total. The molecular weight excluding hydrogens is 280 g/mol. The van der Waals surface area contributed by atoms with Crippen LogP contribution in [0.2, 0.25) is 0 Å². The van der Waals surface area contributed by atoms with E-state index in [1.807, 2.05) is 23.1 Å². The first-order valence-electron chi connectivity index (χ1n) is 7.88. The van der Waals surface area contributed by atoms with Crippen LogP contribution >= 0.6 is 0 Å². The van der Waals surface area contributed by atoms with E-state index in [-0.39, 0.29) is 11.9 Å². The number of benzene rings is 1. The van der Waals surface area contributed by atoms with Gasteiger partial charge in [-0.15, -0.1) is 0 Å². The number of hydrogen-bond acceptors (Lipinski definition) is 4. The summed E-state index contributed by atoms with van der Waals surface area (Å²) >= 11 is 0. The third-order valence-electron chi connectivity index (χ3n) is 4.15. The van der Waals surface area contributed by atoms with Crippen LogP contribution < -0.4 is 10.5 Å². The van der Waals surface area contributed by atoms with E-state index in [2.05, 4.69) is 6.92 Å². The zero-order valence-corrected chi connectivity index (χ0v) is 13.5. The molecule has 0 radical (unpaired) electrons. The van der Waals surface area contributed by atoms with Crippen LogP contribution in [0.15, 0.2) is 24.3 Å². The van der Waals surface area contributed by atoms with E-state index in [1.54, 1.807) is 13.2 Å². The first kappa shape index (κ1) is 16.8. The zero-order valence-electron chi connectivity index (χ0n) is 13.5. The number of piperidine rings is 1. The number of nitrogens with two attached hydrogens (primary N) is 1. The molecule has 1 saturated heterocycles. The van der Waals surface area contributed by atoms with E-state index in [9.17, 15) is 4.79 Å². The number of likely N-dealkylation sites (tertiary alicyclic amines) is 1. The minimum atomic E-state index is 0.0412. The highest BCUT2D eigenvalue weighted by Gasteiger charge is 2.29. The second-order valence-electron chi connectivity index (χ2n) is 5.89. The molecule has 1 aromatic carbocycles. The molecule has 0 saturated carbocycles. The maximum Gasteiger partial charge on any atom is 0.254 e. The lowest BCUT2D eigenvalue weighted by molar-refractivity contribution is 0.0573. The van der Waals surface area contributed by atoms with Crippen molar-refractivity contribution in [1.82, 2.24) is 4.90 Å². The molecular formula is C17H26N2O3. The second kappa shape index (κ2) is 8.15. The van der Waals surface area contributed by atoms with Gasteiger partial charge in [0, 0.05) is 31.8 Å². The Hall–Kier alpha value is -1.59. The molecule has 0 bridgehead atoms. The van der Waals surface area contributed by atoms with Gasteiger partial charge in [0.2, 0.25) is 0 Å². The SMILES string of the molecule is COCCOc1cccc(C(=O)N2CCC(C)CC2CN)c1. The summed E-state index contributed by atoms with van der Waals surface area (Å²) in [5, 5.41) is 0. The predicted molar refractivity (Wildman–Crippen MR) is 86.1 cm³/mol. The Kier molecular flexibility index (Phi) is 6.21. The van der Waals surface area contributed by atoms with Gasteiger partial charge in [0.15, 0.2) is 0 Å². The summed E-state index contributed by atoms with van der Waals surface area (Å²) in [6.07, 6.45) is 2.01. The second-order valence-corrected chi connectivity index (χ2v) is 5.89.